The molecule has 0 aliphatic heterocycles. The second-order valence-corrected chi connectivity index (χ2v) is 7.87. The van der Waals surface area contributed by atoms with E-state index in [1.54, 1.807) is 13.0 Å². The lowest BCUT2D eigenvalue weighted by Crippen LogP contribution is -2.13. The number of hydrogen-bond donors (Lipinski definition) is 0. The zero-order chi connectivity index (χ0) is 17.2. The average Bonchev–Trinajstić information content (AvgIpc) is 3.03. The highest BCUT2D eigenvalue weighted by Gasteiger charge is 2.25. The maximum absolute atomic E-state index is 13.0. The van der Waals surface area contributed by atoms with E-state index in [0.29, 0.717) is 17.0 Å². The number of hydrogen-bond acceptors (Lipinski definition) is 4. The Labute approximate surface area is 139 Å². The fourth-order valence-electron chi connectivity index (χ4n) is 2.39. The summed E-state index contributed by atoms with van der Waals surface area (Å²) in [5, 5.41) is 3.10. The Bertz CT molecular complexity index is 918. The van der Waals surface area contributed by atoms with Gasteiger partial charge in [0.2, 0.25) is 0 Å². The largest absolute Gasteiger partial charge is 0.356 e. The molecule has 0 saturated carbocycles. The standard InChI is InChI=1S/C18H16FNO3S/c1-13(14-7-9-16(19)10-8-14)24(21,22)12-17-11-18(23-20-17)15-5-3-2-4-6-15/h2-11,13H,12H2,1H3/t13-/m1/s1. The lowest BCUT2D eigenvalue weighted by molar-refractivity contribution is 0.425. The van der Waals surface area contributed by atoms with Crippen LogP contribution in [-0.2, 0) is 15.6 Å². The molecule has 24 heavy (non-hydrogen) atoms. The van der Waals surface area contributed by atoms with Gasteiger partial charge in [-0.2, -0.15) is 0 Å². The van der Waals surface area contributed by atoms with Gasteiger partial charge in [-0.3, -0.25) is 0 Å². The Morgan fingerprint density at radius 3 is 2.42 bits per heavy atom. The van der Waals surface area contributed by atoms with Crippen LogP contribution < -0.4 is 0 Å². The molecule has 0 unspecified atom stereocenters. The first-order chi connectivity index (χ1) is 11.5. The van der Waals surface area contributed by atoms with Crippen LogP contribution in [0.4, 0.5) is 4.39 Å². The van der Waals surface area contributed by atoms with E-state index in [1.165, 1.54) is 24.3 Å². The molecule has 3 aromatic rings. The molecule has 4 nitrogen and oxygen atoms in total. The van der Waals surface area contributed by atoms with Crippen molar-refractivity contribution in [1.29, 1.82) is 0 Å². The molecule has 0 saturated heterocycles. The Morgan fingerprint density at radius 2 is 1.75 bits per heavy atom. The number of sulfone groups is 1. The smallest absolute Gasteiger partial charge is 0.167 e. The van der Waals surface area contributed by atoms with Gasteiger partial charge in [0.15, 0.2) is 15.6 Å². The second kappa shape index (κ2) is 6.57. The van der Waals surface area contributed by atoms with Gasteiger partial charge in [0.05, 0.1) is 16.7 Å². The Morgan fingerprint density at radius 1 is 1.08 bits per heavy atom. The van der Waals surface area contributed by atoms with Gasteiger partial charge >= 0.3 is 0 Å². The third-order valence-electron chi connectivity index (χ3n) is 3.84. The lowest BCUT2D eigenvalue weighted by Gasteiger charge is -2.12. The average molecular weight is 345 g/mol. The van der Waals surface area contributed by atoms with Crippen LogP contribution in [0, 0.1) is 5.82 Å². The Hall–Kier alpha value is -2.47. The van der Waals surface area contributed by atoms with Crippen molar-refractivity contribution in [3.63, 3.8) is 0 Å². The summed E-state index contributed by atoms with van der Waals surface area (Å²) < 4.78 is 43.3. The SMILES string of the molecule is C[C@H](c1ccc(F)cc1)S(=O)(=O)Cc1cc(-c2ccccc2)on1. The summed E-state index contributed by atoms with van der Waals surface area (Å²) in [5.41, 5.74) is 1.73. The van der Waals surface area contributed by atoms with Crippen molar-refractivity contribution < 1.29 is 17.3 Å². The fraction of sp³-hybridized carbons (Fsp3) is 0.167. The Kier molecular flexibility index (Phi) is 4.49. The molecule has 1 aromatic heterocycles. The van der Waals surface area contributed by atoms with Crippen molar-refractivity contribution in [1.82, 2.24) is 5.16 Å². The van der Waals surface area contributed by atoms with Gasteiger partial charge < -0.3 is 4.52 Å². The third-order valence-corrected chi connectivity index (χ3v) is 5.89. The summed E-state index contributed by atoms with van der Waals surface area (Å²) >= 11 is 0. The first kappa shape index (κ1) is 16.4. The number of halogens is 1. The Balaban J connectivity index is 1.80. The zero-order valence-electron chi connectivity index (χ0n) is 13.0. The molecular formula is C18H16FNO3S. The van der Waals surface area contributed by atoms with Gasteiger partial charge in [-0.1, -0.05) is 47.6 Å². The summed E-state index contributed by atoms with van der Waals surface area (Å²) in [5.74, 6) is -0.107. The van der Waals surface area contributed by atoms with Crippen molar-refractivity contribution in [3.05, 3.63) is 77.7 Å². The van der Waals surface area contributed by atoms with Crippen molar-refractivity contribution in [2.45, 2.75) is 17.9 Å². The first-order valence-electron chi connectivity index (χ1n) is 7.44. The highest BCUT2D eigenvalue weighted by Crippen LogP contribution is 2.27. The molecule has 1 atom stereocenters. The molecule has 0 aliphatic carbocycles. The molecule has 0 radical (unpaired) electrons. The minimum Gasteiger partial charge on any atom is -0.356 e. The second-order valence-electron chi connectivity index (χ2n) is 5.55. The van der Waals surface area contributed by atoms with Gasteiger partial charge in [-0.05, 0) is 24.6 Å². The number of benzene rings is 2. The molecule has 0 aliphatic rings. The number of aromatic nitrogens is 1. The van der Waals surface area contributed by atoms with E-state index in [0.717, 1.165) is 5.56 Å². The summed E-state index contributed by atoms with van der Waals surface area (Å²) in [4.78, 5) is 0. The number of rotatable bonds is 5. The maximum Gasteiger partial charge on any atom is 0.167 e. The van der Waals surface area contributed by atoms with E-state index in [1.807, 2.05) is 30.3 Å². The predicted octanol–water partition coefficient (Wildman–Crippen LogP) is 4.16. The van der Waals surface area contributed by atoms with Crippen LogP contribution in [0.3, 0.4) is 0 Å². The minimum absolute atomic E-state index is 0.234. The van der Waals surface area contributed by atoms with E-state index >= 15 is 0 Å². The molecule has 2 aromatic carbocycles. The predicted molar refractivity (Wildman–Crippen MR) is 89.4 cm³/mol. The van der Waals surface area contributed by atoms with Gasteiger partial charge in [0, 0.05) is 11.6 Å². The van der Waals surface area contributed by atoms with Crippen molar-refractivity contribution >= 4 is 9.84 Å². The molecule has 1 heterocycles. The molecule has 0 spiro atoms. The van der Waals surface area contributed by atoms with E-state index in [-0.39, 0.29) is 5.75 Å². The highest BCUT2D eigenvalue weighted by atomic mass is 32.2. The topological polar surface area (TPSA) is 60.2 Å². The van der Waals surface area contributed by atoms with Crippen molar-refractivity contribution in [3.8, 4) is 11.3 Å². The van der Waals surface area contributed by atoms with Gasteiger partial charge in [0.1, 0.15) is 5.82 Å². The maximum atomic E-state index is 13.0. The third kappa shape index (κ3) is 3.54. The molecule has 0 fully saturated rings. The quantitative estimate of drug-likeness (QED) is 0.697. The number of nitrogens with zero attached hydrogens (tertiary/aromatic N) is 1. The van der Waals surface area contributed by atoms with Gasteiger partial charge in [0.25, 0.3) is 0 Å². The van der Waals surface area contributed by atoms with E-state index < -0.39 is 20.9 Å². The van der Waals surface area contributed by atoms with E-state index in [2.05, 4.69) is 5.16 Å². The monoisotopic (exact) mass is 345 g/mol. The van der Waals surface area contributed by atoms with Crippen LogP contribution in [0.2, 0.25) is 0 Å². The molecule has 0 bridgehead atoms. The van der Waals surface area contributed by atoms with Crippen molar-refractivity contribution in [2.75, 3.05) is 0 Å². The van der Waals surface area contributed by atoms with Crippen LogP contribution in [0.1, 0.15) is 23.4 Å². The molecule has 0 amide bonds. The lowest BCUT2D eigenvalue weighted by atomic mass is 10.2. The van der Waals surface area contributed by atoms with Crippen LogP contribution >= 0.6 is 0 Å². The van der Waals surface area contributed by atoms with Gasteiger partial charge in [-0.15, -0.1) is 0 Å². The summed E-state index contributed by atoms with van der Waals surface area (Å²) in [7, 11) is -3.49. The zero-order valence-corrected chi connectivity index (χ0v) is 13.8. The molecule has 124 valence electrons. The fourth-order valence-corrected chi connectivity index (χ4v) is 3.76. The molecule has 0 N–H and O–H groups in total. The van der Waals surface area contributed by atoms with Crippen LogP contribution in [0.5, 0.6) is 0 Å². The van der Waals surface area contributed by atoms with Crippen LogP contribution in [-0.4, -0.2) is 13.6 Å². The minimum atomic E-state index is -3.49. The van der Waals surface area contributed by atoms with E-state index in [9.17, 15) is 12.8 Å². The normalized spacial score (nSPS) is 12.9. The first-order valence-corrected chi connectivity index (χ1v) is 9.15. The molecule has 3 rings (SSSR count). The highest BCUT2D eigenvalue weighted by molar-refractivity contribution is 7.90. The summed E-state index contributed by atoms with van der Waals surface area (Å²) in [6.45, 7) is 1.58. The van der Waals surface area contributed by atoms with E-state index in [4.69, 9.17) is 4.52 Å². The summed E-state index contributed by atoms with van der Waals surface area (Å²) in [6, 6.07) is 16.4. The molecule has 6 heteroatoms. The van der Waals surface area contributed by atoms with Crippen molar-refractivity contribution in [2.24, 2.45) is 0 Å². The summed E-state index contributed by atoms with van der Waals surface area (Å²) in [6.07, 6.45) is 0. The van der Waals surface area contributed by atoms with Crippen LogP contribution in [0.25, 0.3) is 11.3 Å². The van der Waals surface area contributed by atoms with Crippen LogP contribution in [0.15, 0.2) is 65.2 Å². The van der Waals surface area contributed by atoms with Gasteiger partial charge in [-0.25, -0.2) is 12.8 Å². The molecular weight excluding hydrogens is 329 g/mol.